The molecule has 8 nitrogen and oxygen atoms in total. The maximum Gasteiger partial charge on any atom is 0.263 e. The normalized spacial score (nSPS) is 13.4. The Bertz CT molecular complexity index is 1020. The van der Waals surface area contributed by atoms with Crippen LogP contribution in [0.1, 0.15) is 17.3 Å². The van der Waals surface area contributed by atoms with E-state index in [0.29, 0.717) is 17.9 Å². The monoisotopic (exact) mass is 420 g/mol. The molecule has 0 saturated carbocycles. The zero-order chi connectivity index (χ0) is 20.5. The average Bonchev–Trinajstić information content (AvgIpc) is 2.93. The van der Waals surface area contributed by atoms with Gasteiger partial charge >= 0.3 is 0 Å². The Balaban J connectivity index is 1.75. The number of aromatic nitrogens is 1. The van der Waals surface area contributed by atoms with Crippen LogP contribution in [0.5, 0.6) is 0 Å². The molecule has 0 bridgehead atoms. The lowest BCUT2D eigenvalue weighted by Crippen LogP contribution is -2.24. The number of carbonyl (C=O) groups is 2. The minimum absolute atomic E-state index is 0.0587. The average molecular weight is 421 g/mol. The second-order valence-corrected chi connectivity index (χ2v) is 9.27. The van der Waals surface area contributed by atoms with Crippen LogP contribution in [-0.4, -0.2) is 50.8 Å². The van der Waals surface area contributed by atoms with Gasteiger partial charge in [0.2, 0.25) is 0 Å². The predicted octanol–water partition coefficient (Wildman–Crippen LogP) is 2.19. The van der Waals surface area contributed by atoms with E-state index < -0.39 is 10.0 Å². The Labute approximate surface area is 168 Å². The topological polar surface area (TPSA) is 99.7 Å². The van der Waals surface area contributed by atoms with Gasteiger partial charge in [0.1, 0.15) is 4.90 Å². The zero-order valence-corrected chi connectivity index (χ0v) is 17.3. The van der Waals surface area contributed by atoms with Crippen molar-refractivity contribution in [2.45, 2.75) is 11.8 Å². The molecular formula is C18H20N4O4S2. The van der Waals surface area contributed by atoms with Gasteiger partial charge in [-0.05, 0) is 30.3 Å². The number of thioether (sulfide) groups is 1. The molecule has 0 unspecified atom stereocenters. The lowest BCUT2D eigenvalue weighted by Gasteiger charge is -2.12. The standard InChI is InChI=1S/C18H20N4O4S2/c1-12(23)27-10-17(24)13-4-6-14(7-5-13)20-28(25,26)15-8-16-18(19-9-15)22(3)11-21(16)2/h4-9,20H,10-11H2,1-3H3. The summed E-state index contributed by atoms with van der Waals surface area (Å²) in [6, 6.07) is 7.69. The van der Waals surface area contributed by atoms with Crippen molar-refractivity contribution in [3.05, 3.63) is 42.1 Å². The summed E-state index contributed by atoms with van der Waals surface area (Å²) >= 11 is 0.941. The number of benzene rings is 1. The highest BCUT2D eigenvalue weighted by atomic mass is 32.2. The molecule has 0 saturated heterocycles. The lowest BCUT2D eigenvalue weighted by atomic mass is 10.1. The second-order valence-electron chi connectivity index (χ2n) is 6.44. The first kappa shape index (κ1) is 20.2. The number of nitrogens with zero attached hydrogens (tertiary/aromatic N) is 3. The SMILES string of the molecule is CC(=O)SCC(=O)c1ccc(NS(=O)(=O)c2cnc3c(c2)N(C)CN3C)cc1. The molecule has 0 spiro atoms. The molecule has 0 amide bonds. The molecule has 1 aliphatic rings. The molecule has 0 radical (unpaired) electrons. The van der Waals surface area contributed by atoms with E-state index in [1.165, 1.54) is 37.4 Å². The first-order chi connectivity index (χ1) is 13.2. The highest BCUT2D eigenvalue weighted by Gasteiger charge is 2.25. The van der Waals surface area contributed by atoms with Crippen LogP contribution in [0.15, 0.2) is 41.4 Å². The molecule has 0 aliphatic carbocycles. The molecule has 148 valence electrons. The highest BCUT2D eigenvalue weighted by molar-refractivity contribution is 8.14. The number of ketones is 1. The fourth-order valence-corrected chi connectivity index (χ4v) is 4.32. The highest BCUT2D eigenvalue weighted by Crippen LogP contribution is 2.33. The van der Waals surface area contributed by atoms with Crippen molar-refractivity contribution in [1.29, 1.82) is 0 Å². The van der Waals surface area contributed by atoms with Crippen LogP contribution >= 0.6 is 11.8 Å². The molecular weight excluding hydrogens is 400 g/mol. The maximum absolute atomic E-state index is 12.7. The number of hydrogen-bond donors (Lipinski definition) is 1. The Morgan fingerprint density at radius 2 is 1.86 bits per heavy atom. The van der Waals surface area contributed by atoms with E-state index in [1.807, 2.05) is 23.9 Å². The Hall–Kier alpha value is -2.59. The molecule has 10 heteroatoms. The Morgan fingerprint density at radius 1 is 1.18 bits per heavy atom. The van der Waals surface area contributed by atoms with Crippen molar-refractivity contribution in [3.8, 4) is 0 Å². The van der Waals surface area contributed by atoms with Crippen LogP contribution in [0.3, 0.4) is 0 Å². The number of pyridine rings is 1. The van der Waals surface area contributed by atoms with Crippen LogP contribution in [0.2, 0.25) is 0 Å². The Kier molecular flexibility index (Phi) is 5.61. The number of fused-ring (bicyclic) bond motifs is 1. The van der Waals surface area contributed by atoms with E-state index in [2.05, 4.69) is 9.71 Å². The zero-order valence-electron chi connectivity index (χ0n) is 15.7. The van der Waals surface area contributed by atoms with Gasteiger partial charge in [-0.3, -0.25) is 14.3 Å². The fraction of sp³-hybridized carbons (Fsp3) is 0.278. The van der Waals surface area contributed by atoms with Gasteiger partial charge in [0.05, 0.1) is 18.1 Å². The largest absolute Gasteiger partial charge is 0.354 e. The molecule has 3 rings (SSSR count). The third kappa shape index (κ3) is 4.28. The summed E-state index contributed by atoms with van der Waals surface area (Å²) in [4.78, 5) is 31.1. The van der Waals surface area contributed by atoms with Crippen LogP contribution in [0.25, 0.3) is 0 Å². The molecule has 1 aromatic heterocycles. The molecule has 1 N–H and O–H groups in total. The summed E-state index contributed by atoms with van der Waals surface area (Å²) in [6.45, 7) is 2.04. The van der Waals surface area contributed by atoms with Gasteiger partial charge in [-0.1, -0.05) is 11.8 Å². The number of carbonyl (C=O) groups excluding carboxylic acids is 2. The van der Waals surface area contributed by atoms with E-state index in [9.17, 15) is 18.0 Å². The van der Waals surface area contributed by atoms with Crippen LogP contribution in [-0.2, 0) is 14.8 Å². The molecule has 1 aromatic carbocycles. The van der Waals surface area contributed by atoms with E-state index in [4.69, 9.17) is 0 Å². The van der Waals surface area contributed by atoms with Gasteiger partial charge in [-0.15, -0.1) is 0 Å². The number of hydrogen-bond acceptors (Lipinski definition) is 8. The van der Waals surface area contributed by atoms with E-state index in [0.717, 1.165) is 23.3 Å². The van der Waals surface area contributed by atoms with E-state index >= 15 is 0 Å². The van der Waals surface area contributed by atoms with Gasteiger partial charge in [-0.25, -0.2) is 13.4 Å². The second kappa shape index (κ2) is 7.80. The van der Waals surface area contributed by atoms with E-state index in [1.54, 1.807) is 6.07 Å². The van der Waals surface area contributed by atoms with E-state index in [-0.39, 0.29) is 21.5 Å². The lowest BCUT2D eigenvalue weighted by molar-refractivity contribution is -0.109. The molecule has 0 fully saturated rings. The summed E-state index contributed by atoms with van der Waals surface area (Å²) < 4.78 is 27.9. The van der Waals surface area contributed by atoms with Crippen LogP contribution < -0.4 is 14.5 Å². The minimum Gasteiger partial charge on any atom is -0.354 e. The Morgan fingerprint density at radius 3 is 2.50 bits per heavy atom. The number of anilines is 3. The summed E-state index contributed by atoms with van der Waals surface area (Å²) in [7, 11) is -0.0643. The van der Waals surface area contributed by atoms with Gasteiger partial charge in [0.15, 0.2) is 16.7 Å². The van der Waals surface area contributed by atoms with Gasteiger partial charge in [0, 0.05) is 38.5 Å². The van der Waals surface area contributed by atoms with Crippen molar-refractivity contribution >= 4 is 49.9 Å². The summed E-state index contributed by atoms with van der Waals surface area (Å²) in [5.74, 6) is 0.598. The first-order valence-corrected chi connectivity index (χ1v) is 10.9. The summed E-state index contributed by atoms with van der Waals surface area (Å²) in [5.41, 5.74) is 1.50. The fourth-order valence-electron chi connectivity index (χ4n) is 2.80. The first-order valence-electron chi connectivity index (χ1n) is 8.39. The third-order valence-electron chi connectivity index (χ3n) is 4.20. The smallest absolute Gasteiger partial charge is 0.263 e. The molecule has 0 atom stereocenters. The van der Waals surface area contributed by atoms with Crippen molar-refractivity contribution in [2.75, 3.05) is 41.0 Å². The molecule has 1 aliphatic heterocycles. The maximum atomic E-state index is 12.7. The molecule has 2 heterocycles. The molecule has 2 aromatic rings. The number of nitrogens with one attached hydrogen (secondary N) is 1. The van der Waals surface area contributed by atoms with Crippen LogP contribution in [0.4, 0.5) is 17.2 Å². The van der Waals surface area contributed by atoms with Gasteiger partial charge < -0.3 is 9.80 Å². The van der Waals surface area contributed by atoms with Crippen molar-refractivity contribution < 1.29 is 18.0 Å². The van der Waals surface area contributed by atoms with Crippen LogP contribution in [0, 0.1) is 0 Å². The predicted molar refractivity (Wildman–Crippen MR) is 111 cm³/mol. The van der Waals surface area contributed by atoms with Crippen molar-refractivity contribution in [2.24, 2.45) is 0 Å². The quantitative estimate of drug-likeness (QED) is 0.710. The van der Waals surface area contributed by atoms with Crippen molar-refractivity contribution in [1.82, 2.24) is 4.98 Å². The number of Topliss-reactive ketones (excluding diaryl/α,β-unsaturated/α-hetero) is 1. The summed E-state index contributed by atoms with van der Waals surface area (Å²) in [5, 5.41) is -0.127. The minimum atomic E-state index is -3.82. The number of sulfonamides is 1. The van der Waals surface area contributed by atoms with Crippen molar-refractivity contribution in [3.63, 3.8) is 0 Å². The van der Waals surface area contributed by atoms with Gasteiger partial charge in [0.25, 0.3) is 10.0 Å². The molecule has 28 heavy (non-hydrogen) atoms. The number of rotatable bonds is 6. The summed E-state index contributed by atoms with van der Waals surface area (Å²) in [6.07, 6.45) is 1.33. The third-order valence-corrected chi connectivity index (χ3v) is 6.36. The van der Waals surface area contributed by atoms with Gasteiger partial charge in [-0.2, -0.15) is 0 Å².